The Labute approximate surface area is 114 Å². The van der Waals surface area contributed by atoms with Crippen LogP contribution in [0.4, 0.5) is 10.5 Å². The molecule has 1 aromatic carbocycles. The number of phenolic OH excluding ortho intramolecular Hbond substituents is 1. The van der Waals surface area contributed by atoms with E-state index in [0.29, 0.717) is 0 Å². The van der Waals surface area contributed by atoms with Crippen molar-refractivity contribution >= 4 is 39.6 Å². The van der Waals surface area contributed by atoms with Crippen LogP contribution in [0.5, 0.6) is 5.75 Å². The summed E-state index contributed by atoms with van der Waals surface area (Å²) in [4.78, 5) is 32.2. The van der Waals surface area contributed by atoms with Gasteiger partial charge in [-0.25, -0.2) is 4.79 Å². The maximum Gasteiger partial charge on any atom is 0.326 e. The number of phenols is 1. The van der Waals surface area contributed by atoms with E-state index in [2.05, 4.69) is 21.2 Å². The standard InChI is InChI=1S/C10H6BrN3O5/c11-5-1-4(3-7(8(5)15)14(18)19)2-6-9(16)13-10(17)12-6/h1-3,15H,(H2,12,13,16,17). The van der Waals surface area contributed by atoms with Gasteiger partial charge in [0.2, 0.25) is 5.75 Å². The van der Waals surface area contributed by atoms with E-state index < -0.39 is 28.3 Å². The van der Waals surface area contributed by atoms with E-state index in [-0.39, 0.29) is 15.7 Å². The van der Waals surface area contributed by atoms with Gasteiger partial charge in [-0.05, 0) is 33.6 Å². The molecule has 1 fully saturated rings. The van der Waals surface area contributed by atoms with Crippen molar-refractivity contribution in [3.63, 3.8) is 0 Å². The average molecular weight is 328 g/mol. The lowest BCUT2D eigenvalue weighted by molar-refractivity contribution is -0.386. The SMILES string of the molecule is O=C1NC(=O)C(=Cc2cc(Br)c(O)c([N+](=O)[O-])c2)N1. The lowest BCUT2D eigenvalue weighted by Crippen LogP contribution is -2.22. The number of nitrogens with zero attached hydrogens (tertiary/aromatic N) is 1. The molecule has 3 amide bonds. The summed E-state index contributed by atoms with van der Waals surface area (Å²) >= 11 is 2.97. The molecule has 1 aliphatic rings. The lowest BCUT2D eigenvalue weighted by atomic mass is 10.1. The molecule has 0 spiro atoms. The highest BCUT2D eigenvalue weighted by Gasteiger charge is 2.24. The third kappa shape index (κ3) is 2.55. The number of halogens is 1. The van der Waals surface area contributed by atoms with Gasteiger partial charge in [-0.1, -0.05) is 0 Å². The molecule has 1 saturated heterocycles. The Hall–Kier alpha value is -2.42. The Kier molecular flexibility index (Phi) is 3.21. The summed E-state index contributed by atoms with van der Waals surface area (Å²) in [6, 6.07) is 1.81. The second-order valence-corrected chi connectivity index (χ2v) is 4.45. The highest BCUT2D eigenvalue weighted by atomic mass is 79.9. The molecule has 0 aliphatic carbocycles. The van der Waals surface area contributed by atoms with Crippen LogP contribution in [-0.4, -0.2) is 22.0 Å². The van der Waals surface area contributed by atoms with E-state index in [9.17, 15) is 24.8 Å². The predicted molar refractivity (Wildman–Crippen MR) is 67.1 cm³/mol. The van der Waals surface area contributed by atoms with Crippen molar-refractivity contribution in [2.45, 2.75) is 0 Å². The van der Waals surface area contributed by atoms with Crippen LogP contribution >= 0.6 is 15.9 Å². The van der Waals surface area contributed by atoms with E-state index >= 15 is 0 Å². The van der Waals surface area contributed by atoms with Gasteiger partial charge in [-0.3, -0.25) is 20.2 Å². The van der Waals surface area contributed by atoms with E-state index in [0.717, 1.165) is 6.07 Å². The number of imide groups is 1. The van der Waals surface area contributed by atoms with E-state index in [1.807, 2.05) is 5.32 Å². The van der Waals surface area contributed by atoms with Gasteiger partial charge in [-0.2, -0.15) is 0 Å². The summed E-state index contributed by atoms with van der Waals surface area (Å²) in [5.74, 6) is -1.14. The smallest absolute Gasteiger partial charge is 0.326 e. The number of rotatable bonds is 2. The summed E-state index contributed by atoms with van der Waals surface area (Å²) in [6.45, 7) is 0. The van der Waals surface area contributed by atoms with Crippen molar-refractivity contribution < 1.29 is 19.6 Å². The fraction of sp³-hybridized carbons (Fsp3) is 0. The molecule has 0 bridgehead atoms. The van der Waals surface area contributed by atoms with Gasteiger partial charge in [0.1, 0.15) is 5.70 Å². The van der Waals surface area contributed by atoms with Crippen molar-refractivity contribution in [2.24, 2.45) is 0 Å². The Bertz CT molecular complexity index is 640. The van der Waals surface area contributed by atoms with Gasteiger partial charge < -0.3 is 10.4 Å². The van der Waals surface area contributed by atoms with Gasteiger partial charge in [0.25, 0.3) is 5.91 Å². The first-order valence-corrected chi connectivity index (χ1v) is 5.68. The van der Waals surface area contributed by atoms with Crippen LogP contribution in [-0.2, 0) is 4.79 Å². The number of amides is 3. The van der Waals surface area contributed by atoms with E-state index in [1.54, 1.807) is 0 Å². The zero-order valence-corrected chi connectivity index (χ0v) is 10.7. The van der Waals surface area contributed by atoms with Crippen molar-refractivity contribution in [1.29, 1.82) is 0 Å². The van der Waals surface area contributed by atoms with Crippen LogP contribution in [0.3, 0.4) is 0 Å². The molecule has 0 radical (unpaired) electrons. The van der Waals surface area contributed by atoms with Crippen molar-refractivity contribution in [2.75, 3.05) is 0 Å². The number of hydrogen-bond donors (Lipinski definition) is 3. The molecule has 0 saturated carbocycles. The minimum Gasteiger partial charge on any atom is -0.501 e. The topological polar surface area (TPSA) is 122 Å². The third-order valence-electron chi connectivity index (χ3n) is 2.29. The Morgan fingerprint density at radius 1 is 1.32 bits per heavy atom. The number of carbonyl (C=O) groups excluding carboxylic acids is 2. The molecule has 19 heavy (non-hydrogen) atoms. The normalized spacial score (nSPS) is 16.4. The third-order valence-corrected chi connectivity index (χ3v) is 2.90. The first-order chi connectivity index (χ1) is 8.88. The summed E-state index contributed by atoms with van der Waals surface area (Å²) in [6.07, 6.45) is 1.26. The number of benzene rings is 1. The summed E-state index contributed by atoms with van der Waals surface area (Å²) in [7, 11) is 0. The minimum atomic E-state index is -0.755. The molecule has 98 valence electrons. The number of nitro benzene ring substituents is 1. The first kappa shape index (κ1) is 13.0. The van der Waals surface area contributed by atoms with Gasteiger partial charge in [-0.15, -0.1) is 0 Å². The highest BCUT2D eigenvalue weighted by Crippen LogP contribution is 2.35. The fourth-order valence-electron chi connectivity index (χ4n) is 1.48. The molecule has 9 heteroatoms. The van der Waals surface area contributed by atoms with Gasteiger partial charge in [0.15, 0.2) is 0 Å². The van der Waals surface area contributed by atoms with Gasteiger partial charge in [0, 0.05) is 6.07 Å². The molecular weight excluding hydrogens is 322 g/mol. The van der Waals surface area contributed by atoms with Crippen molar-refractivity contribution in [3.05, 3.63) is 38.0 Å². The molecule has 3 N–H and O–H groups in total. The largest absolute Gasteiger partial charge is 0.501 e. The average Bonchev–Trinajstić information content (AvgIpc) is 2.62. The van der Waals surface area contributed by atoms with Crippen LogP contribution in [0.2, 0.25) is 0 Å². The molecule has 0 aromatic heterocycles. The number of urea groups is 1. The molecule has 2 rings (SSSR count). The van der Waals surface area contributed by atoms with Crippen LogP contribution in [0.25, 0.3) is 6.08 Å². The van der Waals surface area contributed by atoms with E-state index in [4.69, 9.17) is 0 Å². The Morgan fingerprint density at radius 3 is 2.53 bits per heavy atom. The Balaban J connectivity index is 2.47. The van der Waals surface area contributed by atoms with Crippen LogP contribution in [0.1, 0.15) is 5.56 Å². The summed E-state index contributed by atoms with van der Waals surface area (Å²) in [5, 5.41) is 24.5. The number of aromatic hydroxyl groups is 1. The van der Waals surface area contributed by atoms with Crippen LogP contribution in [0.15, 0.2) is 22.3 Å². The van der Waals surface area contributed by atoms with Crippen molar-refractivity contribution in [3.8, 4) is 5.75 Å². The quantitative estimate of drug-likeness (QED) is 0.326. The second-order valence-electron chi connectivity index (χ2n) is 3.59. The second kappa shape index (κ2) is 4.69. The molecular formula is C10H6BrN3O5. The highest BCUT2D eigenvalue weighted by molar-refractivity contribution is 9.10. The molecule has 0 unspecified atom stereocenters. The van der Waals surface area contributed by atoms with Gasteiger partial charge in [0.05, 0.1) is 9.40 Å². The first-order valence-electron chi connectivity index (χ1n) is 4.89. The minimum absolute atomic E-state index is 0.0307. The number of nitrogens with one attached hydrogen (secondary N) is 2. The van der Waals surface area contributed by atoms with Crippen LogP contribution < -0.4 is 10.6 Å². The van der Waals surface area contributed by atoms with Gasteiger partial charge >= 0.3 is 11.7 Å². The monoisotopic (exact) mass is 327 g/mol. The fourth-order valence-corrected chi connectivity index (χ4v) is 1.94. The maximum absolute atomic E-state index is 11.3. The summed E-state index contributed by atoms with van der Waals surface area (Å²) in [5.41, 5.74) is -0.258. The molecule has 0 atom stereocenters. The molecule has 1 aromatic rings. The number of carbonyl (C=O) groups is 2. The molecule has 1 aliphatic heterocycles. The maximum atomic E-state index is 11.3. The number of hydrogen-bond acceptors (Lipinski definition) is 5. The van der Waals surface area contributed by atoms with E-state index in [1.165, 1.54) is 12.1 Å². The number of nitro groups is 1. The Morgan fingerprint density at radius 2 is 2.00 bits per heavy atom. The molecule has 1 heterocycles. The van der Waals surface area contributed by atoms with Crippen LogP contribution in [0, 0.1) is 10.1 Å². The zero-order valence-electron chi connectivity index (χ0n) is 9.14. The van der Waals surface area contributed by atoms with Crippen molar-refractivity contribution in [1.82, 2.24) is 10.6 Å². The predicted octanol–water partition coefficient (Wildman–Crippen LogP) is 1.24. The zero-order chi connectivity index (χ0) is 14.2. The molecule has 8 nitrogen and oxygen atoms in total. The lowest BCUT2D eigenvalue weighted by Gasteiger charge is -2.02. The summed E-state index contributed by atoms with van der Waals surface area (Å²) < 4.78 is 0.110.